The maximum Gasteiger partial charge on any atom is 0.269 e. The molecular formula is C13H16N2O3. The fourth-order valence-corrected chi connectivity index (χ4v) is 2.29. The number of benzene rings is 1. The van der Waals surface area contributed by atoms with Crippen molar-refractivity contribution < 1.29 is 9.72 Å². The minimum absolute atomic E-state index is 0.0123. The van der Waals surface area contributed by atoms with E-state index in [9.17, 15) is 14.9 Å². The van der Waals surface area contributed by atoms with E-state index in [0.717, 1.165) is 25.8 Å². The predicted octanol–water partition coefficient (Wildman–Crippen LogP) is 2.61. The summed E-state index contributed by atoms with van der Waals surface area (Å²) in [6, 6.07) is 6.06. The third-order valence-corrected chi connectivity index (χ3v) is 3.39. The van der Waals surface area contributed by atoms with Gasteiger partial charge < -0.3 is 4.90 Å². The van der Waals surface area contributed by atoms with E-state index in [4.69, 9.17) is 0 Å². The second-order valence-corrected chi connectivity index (χ2v) is 4.65. The van der Waals surface area contributed by atoms with E-state index >= 15 is 0 Å². The number of nitro groups is 1. The zero-order chi connectivity index (χ0) is 13.1. The monoisotopic (exact) mass is 248 g/mol. The van der Waals surface area contributed by atoms with Crippen LogP contribution in [0.4, 0.5) is 5.69 Å². The van der Waals surface area contributed by atoms with E-state index in [1.807, 2.05) is 11.8 Å². The average molecular weight is 248 g/mol. The van der Waals surface area contributed by atoms with Crippen molar-refractivity contribution in [3.05, 3.63) is 39.9 Å². The van der Waals surface area contributed by atoms with Gasteiger partial charge in [0.25, 0.3) is 11.6 Å². The number of hydrogen-bond acceptors (Lipinski definition) is 3. The molecule has 1 aliphatic heterocycles. The van der Waals surface area contributed by atoms with Crippen LogP contribution in [-0.4, -0.2) is 28.3 Å². The summed E-state index contributed by atoms with van der Waals surface area (Å²) in [4.78, 5) is 24.2. The number of amides is 1. The van der Waals surface area contributed by atoms with Gasteiger partial charge in [0.15, 0.2) is 0 Å². The van der Waals surface area contributed by atoms with Crippen molar-refractivity contribution in [3.8, 4) is 0 Å². The van der Waals surface area contributed by atoms with Crippen LogP contribution in [0.3, 0.4) is 0 Å². The van der Waals surface area contributed by atoms with Crippen molar-refractivity contribution in [3.63, 3.8) is 0 Å². The molecule has 1 amide bonds. The Balaban J connectivity index is 2.15. The largest absolute Gasteiger partial charge is 0.336 e. The van der Waals surface area contributed by atoms with E-state index in [1.54, 1.807) is 0 Å². The first kappa shape index (κ1) is 12.5. The molecule has 1 unspecified atom stereocenters. The van der Waals surface area contributed by atoms with Gasteiger partial charge in [0, 0.05) is 30.3 Å². The molecular weight excluding hydrogens is 232 g/mol. The van der Waals surface area contributed by atoms with Crippen molar-refractivity contribution in [2.45, 2.75) is 32.2 Å². The maximum absolute atomic E-state index is 12.2. The number of carbonyl (C=O) groups excluding carboxylic acids is 1. The molecule has 0 bridgehead atoms. The molecule has 0 radical (unpaired) electrons. The van der Waals surface area contributed by atoms with Crippen molar-refractivity contribution in [2.24, 2.45) is 0 Å². The summed E-state index contributed by atoms with van der Waals surface area (Å²) in [5.41, 5.74) is 0.535. The predicted molar refractivity (Wildman–Crippen MR) is 67.4 cm³/mol. The molecule has 2 rings (SSSR count). The highest BCUT2D eigenvalue weighted by Gasteiger charge is 2.24. The summed E-state index contributed by atoms with van der Waals surface area (Å²) in [5.74, 6) is -0.0305. The number of piperidine rings is 1. The van der Waals surface area contributed by atoms with Gasteiger partial charge in [0.2, 0.25) is 0 Å². The Morgan fingerprint density at radius 1 is 1.33 bits per heavy atom. The summed E-state index contributed by atoms with van der Waals surface area (Å²) >= 11 is 0. The van der Waals surface area contributed by atoms with Crippen LogP contribution >= 0.6 is 0 Å². The summed E-state index contributed by atoms with van der Waals surface area (Å²) in [6.07, 6.45) is 3.22. The average Bonchev–Trinajstić information content (AvgIpc) is 2.38. The molecule has 0 aliphatic carbocycles. The Kier molecular flexibility index (Phi) is 3.60. The molecule has 5 nitrogen and oxygen atoms in total. The van der Waals surface area contributed by atoms with Crippen LogP contribution in [0, 0.1) is 10.1 Å². The molecule has 1 heterocycles. The normalized spacial score (nSPS) is 19.6. The van der Waals surface area contributed by atoms with Crippen LogP contribution < -0.4 is 0 Å². The van der Waals surface area contributed by atoms with E-state index < -0.39 is 4.92 Å². The topological polar surface area (TPSA) is 63.5 Å². The van der Waals surface area contributed by atoms with E-state index in [-0.39, 0.29) is 17.6 Å². The molecule has 1 aromatic rings. The molecule has 18 heavy (non-hydrogen) atoms. The Hall–Kier alpha value is -1.91. The van der Waals surface area contributed by atoms with Gasteiger partial charge in [0.1, 0.15) is 0 Å². The van der Waals surface area contributed by atoms with E-state index in [0.29, 0.717) is 5.56 Å². The minimum Gasteiger partial charge on any atom is -0.336 e. The highest BCUT2D eigenvalue weighted by molar-refractivity contribution is 5.94. The Morgan fingerprint density at radius 3 is 2.56 bits per heavy atom. The second kappa shape index (κ2) is 5.16. The fraction of sp³-hybridized carbons (Fsp3) is 0.462. The standard InChI is InChI=1S/C13H16N2O3/c1-10-4-2-3-9-14(10)13(16)11-5-7-12(8-6-11)15(17)18/h5-8,10H,2-4,9H2,1H3. The van der Waals surface area contributed by atoms with Crippen molar-refractivity contribution in [1.29, 1.82) is 0 Å². The number of nitrogens with zero attached hydrogens (tertiary/aromatic N) is 2. The molecule has 1 saturated heterocycles. The first-order valence-electron chi connectivity index (χ1n) is 6.15. The van der Waals surface area contributed by atoms with Crippen LogP contribution in [-0.2, 0) is 0 Å². The van der Waals surface area contributed by atoms with Crippen LogP contribution in [0.25, 0.3) is 0 Å². The summed E-state index contributed by atoms with van der Waals surface area (Å²) in [5, 5.41) is 10.5. The molecule has 0 aromatic heterocycles. The smallest absolute Gasteiger partial charge is 0.269 e. The molecule has 0 saturated carbocycles. The molecule has 96 valence electrons. The second-order valence-electron chi connectivity index (χ2n) is 4.65. The zero-order valence-electron chi connectivity index (χ0n) is 10.3. The van der Waals surface area contributed by atoms with Gasteiger partial charge in [-0.05, 0) is 38.3 Å². The third kappa shape index (κ3) is 2.50. The molecule has 0 spiro atoms. The Morgan fingerprint density at radius 2 is 2.00 bits per heavy atom. The molecule has 1 atom stereocenters. The van der Waals surface area contributed by atoms with Crippen molar-refractivity contribution >= 4 is 11.6 Å². The summed E-state index contributed by atoms with van der Waals surface area (Å²) in [6.45, 7) is 2.82. The first-order chi connectivity index (χ1) is 8.59. The van der Waals surface area contributed by atoms with Crippen molar-refractivity contribution in [1.82, 2.24) is 4.90 Å². The highest BCUT2D eigenvalue weighted by atomic mass is 16.6. The lowest BCUT2D eigenvalue weighted by Gasteiger charge is -2.33. The Bertz CT molecular complexity index is 456. The van der Waals surface area contributed by atoms with Gasteiger partial charge in [-0.2, -0.15) is 0 Å². The fourth-order valence-electron chi connectivity index (χ4n) is 2.29. The van der Waals surface area contributed by atoms with Crippen LogP contribution in [0.5, 0.6) is 0 Å². The number of likely N-dealkylation sites (tertiary alicyclic amines) is 1. The van der Waals surface area contributed by atoms with Gasteiger partial charge in [-0.15, -0.1) is 0 Å². The lowest BCUT2D eigenvalue weighted by atomic mass is 10.0. The number of carbonyl (C=O) groups is 1. The van der Waals surface area contributed by atoms with Crippen LogP contribution in [0.15, 0.2) is 24.3 Å². The van der Waals surface area contributed by atoms with Crippen LogP contribution in [0.2, 0.25) is 0 Å². The summed E-state index contributed by atoms with van der Waals surface area (Å²) in [7, 11) is 0. The van der Waals surface area contributed by atoms with Gasteiger partial charge >= 0.3 is 0 Å². The lowest BCUT2D eigenvalue weighted by molar-refractivity contribution is -0.384. The third-order valence-electron chi connectivity index (χ3n) is 3.39. The molecule has 1 aromatic carbocycles. The molecule has 1 fully saturated rings. The number of rotatable bonds is 2. The number of hydrogen-bond donors (Lipinski definition) is 0. The quantitative estimate of drug-likeness (QED) is 0.597. The van der Waals surface area contributed by atoms with Gasteiger partial charge in [-0.25, -0.2) is 0 Å². The zero-order valence-corrected chi connectivity index (χ0v) is 10.3. The summed E-state index contributed by atoms with van der Waals surface area (Å²) < 4.78 is 0. The minimum atomic E-state index is -0.461. The molecule has 1 aliphatic rings. The molecule has 5 heteroatoms. The highest BCUT2D eigenvalue weighted by Crippen LogP contribution is 2.20. The van der Waals surface area contributed by atoms with Gasteiger partial charge in [0.05, 0.1) is 4.92 Å². The van der Waals surface area contributed by atoms with Gasteiger partial charge in [-0.1, -0.05) is 0 Å². The number of non-ortho nitro benzene ring substituents is 1. The first-order valence-corrected chi connectivity index (χ1v) is 6.15. The maximum atomic E-state index is 12.2. The van der Waals surface area contributed by atoms with Gasteiger partial charge in [-0.3, -0.25) is 14.9 Å². The Labute approximate surface area is 106 Å². The SMILES string of the molecule is CC1CCCCN1C(=O)c1ccc([N+](=O)[O-])cc1. The lowest BCUT2D eigenvalue weighted by Crippen LogP contribution is -2.41. The molecule has 0 N–H and O–H groups in total. The van der Waals surface area contributed by atoms with Crippen LogP contribution in [0.1, 0.15) is 36.5 Å². The number of nitro benzene ring substituents is 1. The van der Waals surface area contributed by atoms with E-state index in [2.05, 4.69) is 0 Å². The van der Waals surface area contributed by atoms with E-state index in [1.165, 1.54) is 24.3 Å². The van der Waals surface area contributed by atoms with Crippen molar-refractivity contribution in [2.75, 3.05) is 6.54 Å².